The van der Waals surface area contributed by atoms with Crippen LogP contribution < -0.4 is 4.72 Å². The van der Waals surface area contributed by atoms with Crippen molar-refractivity contribution in [3.05, 3.63) is 58.7 Å². The number of ether oxygens (including phenoxy) is 1. The minimum atomic E-state index is -3.79. The highest BCUT2D eigenvalue weighted by Crippen LogP contribution is 2.28. The number of hydrogen-bond acceptors (Lipinski definition) is 5. The lowest BCUT2D eigenvalue weighted by Gasteiger charge is -2.27. The minimum Gasteiger partial charge on any atom is -0.378 e. The topological polar surface area (TPSA) is 75.7 Å². The van der Waals surface area contributed by atoms with Crippen molar-refractivity contribution in [2.45, 2.75) is 42.0 Å². The maximum atomic E-state index is 13.1. The number of morpholine rings is 1. The lowest BCUT2D eigenvalue weighted by atomic mass is 10.0. The maximum Gasteiger partial charge on any atom is 0.255 e. The molecule has 1 heterocycles. The number of amides is 1. The molecule has 1 fully saturated rings. The second kappa shape index (κ2) is 9.32. The van der Waals surface area contributed by atoms with Crippen LogP contribution in [0.3, 0.4) is 0 Å². The van der Waals surface area contributed by atoms with E-state index in [-0.39, 0.29) is 16.8 Å². The van der Waals surface area contributed by atoms with Gasteiger partial charge in [-0.15, -0.1) is 11.8 Å². The summed E-state index contributed by atoms with van der Waals surface area (Å²) in [5.41, 5.74) is 4.04. The smallest absolute Gasteiger partial charge is 0.255 e. The fraction of sp³-hybridized carbons (Fsp3) is 0.435. The van der Waals surface area contributed by atoms with Gasteiger partial charge in [0.2, 0.25) is 10.0 Å². The second-order valence-corrected chi connectivity index (χ2v) is 10.6. The zero-order valence-corrected chi connectivity index (χ0v) is 19.5. The molecule has 1 aliphatic carbocycles. The molecule has 6 nitrogen and oxygen atoms in total. The fourth-order valence-electron chi connectivity index (χ4n) is 4.19. The third-order valence-corrected chi connectivity index (χ3v) is 8.30. The maximum absolute atomic E-state index is 13.1. The predicted octanol–water partition coefficient (Wildman–Crippen LogP) is 3.41. The molecule has 166 valence electrons. The molecular weight excluding hydrogens is 432 g/mol. The molecule has 1 aliphatic heterocycles. The molecule has 0 bridgehead atoms. The van der Waals surface area contributed by atoms with Crippen LogP contribution in [0.15, 0.2) is 46.2 Å². The van der Waals surface area contributed by atoms with E-state index in [0.717, 1.165) is 29.7 Å². The van der Waals surface area contributed by atoms with E-state index in [1.54, 1.807) is 17.0 Å². The average Bonchev–Trinajstić information content (AvgIpc) is 3.26. The van der Waals surface area contributed by atoms with Crippen LogP contribution in [-0.2, 0) is 27.6 Å². The number of nitrogens with one attached hydrogen (secondary N) is 1. The number of rotatable bonds is 6. The van der Waals surface area contributed by atoms with Gasteiger partial charge in [0, 0.05) is 24.0 Å². The van der Waals surface area contributed by atoms with Crippen LogP contribution in [0.4, 0.5) is 0 Å². The molecule has 1 saturated heterocycles. The van der Waals surface area contributed by atoms with Crippen molar-refractivity contribution in [1.29, 1.82) is 0 Å². The van der Waals surface area contributed by atoms with E-state index in [1.807, 2.05) is 19.2 Å². The van der Waals surface area contributed by atoms with Crippen LogP contribution in [0.2, 0.25) is 0 Å². The molecule has 1 amide bonds. The normalized spacial score (nSPS) is 17.4. The molecule has 31 heavy (non-hydrogen) atoms. The highest BCUT2D eigenvalue weighted by molar-refractivity contribution is 7.98. The fourth-order valence-corrected chi connectivity index (χ4v) is 6.02. The molecule has 4 rings (SSSR count). The number of nitrogens with zero attached hydrogens (tertiary/aromatic N) is 1. The van der Waals surface area contributed by atoms with Crippen molar-refractivity contribution < 1.29 is 17.9 Å². The summed E-state index contributed by atoms with van der Waals surface area (Å²) < 4.78 is 34.4. The van der Waals surface area contributed by atoms with E-state index in [1.165, 1.54) is 29.0 Å². The summed E-state index contributed by atoms with van der Waals surface area (Å²) in [4.78, 5) is 15.6. The average molecular weight is 461 g/mol. The Labute approximate surface area is 188 Å². The van der Waals surface area contributed by atoms with Gasteiger partial charge in [0.15, 0.2) is 0 Å². The Morgan fingerprint density at radius 1 is 1.10 bits per heavy atom. The number of fused-ring (bicyclic) bond motifs is 1. The Hall–Kier alpha value is -1.87. The van der Waals surface area contributed by atoms with Gasteiger partial charge >= 0.3 is 0 Å². The van der Waals surface area contributed by atoms with Gasteiger partial charge in [-0.1, -0.05) is 18.2 Å². The molecule has 1 N–H and O–H groups in total. The standard InChI is InChI=1S/C23H28N2O4S2/c1-16(18-7-6-17-4-3-5-19(17)14-18)24-31(27,28)20-8-9-22(30-2)21(15-20)23(26)25-10-12-29-13-11-25/h6-9,14-16,24H,3-5,10-13H2,1-2H3. The number of hydrogen-bond donors (Lipinski definition) is 1. The lowest BCUT2D eigenvalue weighted by Crippen LogP contribution is -2.41. The van der Waals surface area contributed by atoms with Crippen LogP contribution in [0.1, 0.15) is 46.4 Å². The summed E-state index contributed by atoms with van der Waals surface area (Å²) >= 11 is 1.44. The van der Waals surface area contributed by atoms with Gasteiger partial charge in [-0.05, 0) is 67.3 Å². The van der Waals surface area contributed by atoms with Gasteiger partial charge in [-0.2, -0.15) is 0 Å². The Kier molecular flexibility index (Phi) is 6.71. The van der Waals surface area contributed by atoms with Crippen molar-refractivity contribution in [2.75, 3.05) is 32.6 Å². The molecule has 0 radical (unpaired) electrons. The molecule has 0 aromatic heterocycles. The van der Waals surface area contributed by atoms with Crippen LogP contribution in [-0.4, -0.2) is 51.8 Å². The Morgan fingerprint density at radius 3 is 2.58 bits per heavy atom. The molecule has 2 aromatic carbocycles. The summed E-state index contributed by atoms with van der Waals surface area (Å²) in [5.74, 6) is -0.156. The summed E-state index contributed by atoms with van der Waals surface area (Å²) in [6.45, 7) is 3.87. The van der Waals surface area contributed by atoms with E-state index < -0.39 is 10.0 Å². The van der Waals surface area contributed by atoms with Gasteiger partial charge in [0.1, 0.15) is 0 Å². The number of carbonyl (C=O) groups excluding carboxylic acids is 1. The number of sulfonamides is 1. The van der Waals surface area contributed by atoms with Crippen molar-refractivity contribution in [3.8, 4) is 0 Å². The van der Waals surface area contributed by atoms with Crippen LogP contribution in [0.5, 0.6) is 0 Å². The summed E-state index contributed by atoms with van der Waals surface area (Å²) in [5, 5.41) is 0. The van der Waals surface area contributed by atoms with E-state index in [9.17, 15) is 13.2 Å². The first-order valence-corrected chi connectivity index (χ1v) is 13.3. The Morgan fingerprint density at radius 2 is 1.84 bits per heavy atom. The summed E-state index contributed by atoms with van der Waals surface area (Å²) in [7, 11) is -3.79. The molecule has 1 unspecified atom stereocenters. The molecule has 0 saturated carbocycles. The molecule has 1 atom stereocenters. The Balaban J connectivity index is 1.58. The SMILES string of the molecule is CSc1ccc(S(=O)(=O)NC(C)c2ccc3c(c2)CCC3)cc1C(=O)N1CCOCC1. The third-order valence-electron chi connectivity index (χ3n) is 5.96. The zero-order valence-electron chi connectivity index (χ0n) is 17.9. The van der Waals surface area contributed by atoms with Gasteiger partial charge in [-0.25, -0.2) is 13.1 Å². The van der Waals surface area contributed by atoms with Gasteiger partial charge in [0.25, 0.3) is 5.91 Å². The molecule has 0 spiro atoms. The van der Waals surface area contributed by atoms with E-state index in [0.29, 0.717) is 31.9 Å². The lowest BCUT2D eigenvalue weighted by molar-refractivity contribution is 0.0300. The summed E-state index contributed by atoms with van der Waals surface area (Å²) in [6.07, 6.45) is 5.18. The largest absolute Gasteiger partial charge is 0.378 e. The summed E-state index contributed by atoms with van der Waals surface area (Å²) in [6, 6.07) is 10.6. The third kappa shape index (κ3) is 4.82. The van der Waals surface area contributed by atoms with Crippen molar-refractivity contribution in [2.24, 2.45) is 0 Å². The minimum absolute atomic E-state index is 0.106. The molecule has 8 heteroatoms. The first kappa shape index (κ1) is 22.3. The van der Waals surface area contributed by atoms with E-state index >= 15 is 0 Å². The number of aryl methyl sites for hydroxylation is 2. The molecule has 2 aromatic rings. The van der Waals surface area contributed by atoms with Crippen molar-refractivity contribution in [1.82, 2.24) is 9.62 Å². The van der Waals surface area contributed by atoms with Gasteiger partial charge < -0.3 is 9.64 Å². The van der Waals surface area contributed by atoms with Crippen LogP contribution >= 0.6 is 11.8 Å². The van der Waals surface area contributed by atoms with E-state index in [2.05, 4.69) is 16.9 Å². The monoisotopic (exact) mass is 460 g/mol. The second-order valence-electron chi connectivity index (χ2n) is 7.99. The van der Waals surface area contributed by atoms with Crippen LogP contribution in [0, 0.1) is 0 Å². The van der Waals surface area contributed by atoms with E-state index in [4.69, 9.17) is 4.74 Å². The first-order valence-electron chi connectivity index (χ1n) is 10.6. The van der Waals surface area contributed by atoms with Crippen LogP contribution in [0.25, 0.3) is 0 Å². The van der Waals surface area contributed by atoms with Crippen molar-refractivity contribution in [3.63, 3.8) is 0 Å². The molecular formula is C23H28N2O4S2. The number of carbonyl (C=O) groups is 1. The number of benzene rings is 2. The highest BCUT2D eigenvalue weighted by Gasteiger charge is 2.25. The van der Waals surface area contributed by atoms with Gasteiger partial charge in [0.05, 0.1) is 23.7 Å². The predicted molar refractivity (Wildman–Crippen MR) is 122 cm³/mol. The molecule has 2 aliphatic rings. The first-order chi connectivity index (χ1) is 14.9. The van der Waals surface area contributed by atoms with Gasteiger partial charge in [-0.3, -0.25) is 4.79 Å². The Bertz CT molecular complexity index is 1080. The highest BCUT2D eigenvalue weighted by atomic mass is 32.2. The zero-order chi connectivity index (χ0) is 22.0. The number of thioether (sulfide) groups is 1. The van der Waals surface area contributed by atoms with Crippen molar-refractivity contribution >= 4 is 27.7 Å². The quantitative estimate of drug-likeness (QED) is 0.669.